The zero-order valence-corrected chi connectivity index (χ0v) is 19.9. The number of carbonyl (C=O) groups excluding carboxylic acids is 1. The zero-order chi connectivity index (χ0) is 22.3. The molecule has 0 aliphatic rings. The fraction of sp³-hybridized carbons (Fsp3) is 0.259. The van der Waals surface area contributed by atoms with Gasteiger partial charge in [-0.05, 0) is 61.7 Å². The maximum atomic E-state index is 12.2. The molecule has 32 heavy (non-hydrogen) atoms. The highest BCUT2D eigenvalue weighted by atomic mass is 79.9. The van der Waals surface area contributed by atoms with Gasteiger partial charge in [0.15, 0.2) is 0 Å². The number of nitrogens with zero attached hydrogens (tertiary/aromatic N) is 2. The number of hydrogen-bond acceptors (Lipinski definition) is 2. The monoisotopic (exact) mass is 489 g/mol. The molecule has 0 aliphatic heterocycles. The quantitative estimate of drug-likeness (QED) is 0.271. The van der Waals surface area contributed by atoms with Crippen LogP contribution in [0.4, 0.5) is 0 Å². The van der Waals surface area contributed by atoms with E-state index in [1.54, 1.807) is 0 Å². The molecule has 1 amide bonds. The lowest BCUT2D eigenvalue weighted by atomic mass is 10.1. The van der Waals surface area contributed by atoms with Crippen molar-refractivity contribution in [3.63, 3.8) is 0 Å². The van der Waals surface area contributed by atoms with Crippen molar-refractivity contribution < 1.29 is 4.79 Å². The maximum absolute atomic E-state index is 12.2. The van der Waals surface area contributed by atoms with Crippen molar-refractivity contribution in [2.75, 3.05) is 6.54 Å². The second-order valence-electron chi connectivity index (χ2n) is 8.05. The summed E-state index contributed by atoms with van der Waals surface area (Å²) in [4.78, 5) is 17.2. The Kier molecular flexibility index (Phi) is 7.38. The van der Waals surface area contributed by atoms with E-state index >= 15 is 0 Å². The lowest BCUT2D eigenvalue weighted by molar-refractivity contribution is 0.0953. The van der Waals surface area contributed by atoms with Crippen molar-refractivity contribution in [3.05, 3.63) is 100 Å². The van der Waals surface area contributed by atoms with Gasteiger partial charge in [0.25, 0.3) is 5.91 Å². The predicted octanol–water partition coefficient (Wildman–Crippen LogP) is 6.55. The number of nitrogens with one attached hydrogen (secondary N) is 1. The van der Waals surface area contributed by atoms with Gasteiger partial charge in [-0.1, -0.05) is 64.8 Å². The van der Waals surface area contributed by atoms with Gasteiger partial charge >= 0.3 is 0 Å². The summed E-state index contributed by atoms with van der Waals surface area (Å²) in [7, 11) is 0. The molecular formula is C27H28BrN3O. The van der Waals surface area contributed by atoms with Crippen LogP contribution in [0.5, 0.6) is 0 Å². The van der Waals surface area contributed by atoms with E-state index in [0.29, 0.717) is 12.1 Å². The minimum Gasteiger partial charge on any atom is -0.352 e. The van der Waals surface area contributed by atoms with Gasteiger partial charge in [0.05, 0.1) is 17.1 Å². The first-order valence-corrected chi connectivity index (χ1v) is 12.0. The molecule has 1 heterocycles. The third-order valence-electron chi connectivity index (χ3n) is 5.81. The topological polar surface area (TPSA) is 46.9 Å². The largest absolute Gasteiger partial charge is 0.352 e. The second kappa shape index (κ2) is 10.6. The fourth-order valence-corrected chi connectivity index (χ4v) is 4.34. The van der Waals surface area contributed by atoms with Crippen LogP contribution in [0.3, 0.4) is 0 Å². The van der Waals surface area contributed by atoms with Crippen molar-refractivity contribution in [3.8, 4) is 0 Å². The van der Waals surface area contributed by atoms with Crippen LogP contribution in [-0.4, -0.2) is 22.0 Å². The molecule has 4 aromatic rings. The van der Waals surface area contributed by atoms with E-state index in [9.17, 15) is 4.79 Å². The molecule has 5 heteroatoms. The number of aromatic nitrogens is 2. The number of aryl methyl sites for hydroxylation is 1. The Bertz CT molecular complexity index is 1170. The van der Waals surface area contributed by atoms with Crippen molar-refractivity contribution in [2.24, 2.45) is 0 Å². The number of carbonyl (C=O) groups is 1. The van der Waals surface area contributed by atoms with Gasteiger partial charge in [0.2, 0.25) is 0 Å². The molecule has 1 aromatic heterocycles. The van der Waals surface area contributed by atoms with Crippen LogP contribution in [0.25, 0.3) is 11.0 Å². The van der Waals surface area contributed by atoms with Gasteiger partial charge in [0, 0.05) is 23.0 Å². The molecule has 4 rings (SSSR count). The average molecular weight is 490 g/mol. The molecule has 0 radical (unpaired) electrons. The van der Waals surface area contributed by atoms with Crippen molar-refractivity contribution in [1.82, 2.24) is 14.9 Å². The first-order chi connectivity index (χ1) is 15.6. The van der Waals surface area contributed by atoms with E-state index in [0.717, 1.165) is 41.5 Å². The predicted molar refractivity (Wildman–Crippen MR) is 134 cm³/mol. The van der Waals surface area contributed by atoms with Gasteiger partial charge in [-0.25, -0.2) is 4.98 Å². The fourth-order valence-electron chi connectivity index (χ4n) is 4.07. The molecule has 0 spiro atoms. The SMILES string of the molecule is CC(c1ccccc1)n1c(CCCCCNC(=O)c2ccc(Br)cc2)nc2ccccc21. The molecule has 0 fully saturated rings. The molecular weight excluding hydrogens is 462 g/mol. The zero-order valence-electron chi connectivity index (χ0n) is 18.3. The van der Waals surface area contributed by atoms with Crippen LogP contribution in [-0.2, 0) is 6.42 Å². The highest BCUT2D eigenvalue weighted by Crippen LogP contribution is 2.27. The van der Waals surface area contributed by atoms with Gasteiger partial charge < -0.3 is 9.88 Å². The number of fused-ring (bicyclic) bond motifs is 1. The number of amides is 1. The smallest absolute Gasteiger partial charge is 0.251 e. The van der Waals surface area contributed by atoms with Crippen molar-refractivity contribution in [1.29, 1.82) is 0 Å². The Balaban J connectivity index is 1.34. The number of halogens is 1. The van der Waals surface area contributed by atoms with E-state index in [2.05, 4.69) is 81.3 Å². The van der Waals surface area contributed by atoms with Crippen LogP contribution in [0.2, 0.25) is 0 Å². The standard InChI is InChI=1S/C27H28BrN3O/c1-20(21-10-4-2-5-11-21)31-25-13-8-7-12-24(25)30-26(31)14-6-3-9-19-29-27(32)22-15-17-23(28)18-16-22/h2,4-5,7-8,10-13,15-18,20H,3,6,9,14,19H2,1H3,(H,29,32). The van der Waals surface area contributed by atoms with E-state index < -0.39 is 0 Å². The van der Waals surface area contributed by atoms with E-state index in [-0.39, 0.29) is 11.9 Å². The minimum absolute atomic E-state index is 0.0176. The first kappa shape index (κ1) is 22.3. The van der Waals surface area contributed by atoms with Crippen molar-refractivity contribution >= 4 is 32.9 Å². The first-order valence-electron chi connectivity index (χ1n) is 11.2. The third-order valence-corrected chi connectivity index (χ3v) is 6.34. The molecule has 0 aliphatic carbocycles. The summed E-state index contributed by atoms with van der Waals surface area (Å²) in [5.74, 6) is 1.11. The lowest BCUT2D eigenvalue weighted by Crippen LogP contribution is -2.24. The summed E-state index contributed by atoms with van der Waals surface area (Å²) in [5.41, 5.74) is 4.21. The van der Waals surface area contributed by atoms with E-state index in [4.69, 9.17) is 4.98 Å². The molecule has 3 aromatic carbocycles. The number of imidazole rings is 1. The van der Waals surface area contributed by atoms with Gasteiger partial charge in [-0.3, -0.25) is 4.79 Å². The van der Waals surface area contributed by atoms with Crippen molar-refractivity contribution in [2.45, 2.75) is 38.6 Å². The summed E-state index contributed by atoms with van der Waals surface area (Å²) in [6.07, 6.45) is 3.96. The Morgan fingerprint density at radius 1 is 0.938 bits per heavy atom. The summed E-state index contributed by atoms with van der Waals surface area (Å²) < 4.78 is 3.35. The normalized spacial score (nSPS) is 12.1. The van der Waals surface area contributed by atoms with Crippen LogP contribution in [0, 0.1) is 0 Å². The Morgan fingerprint density at radius 3 is 2.44 bits per heavy atom. The summed E-state index contributed by atoms with van der Waals surface area (Å²) in [5, 5.41) is 3.01. The van der Waals surface area contributed by atoms with Gasteiger partial charge in [-0.15, -0.1) is 0 Å². The second-order valence-corrected chi connectivity index (χ2v) is 8.96. The number of unbranched alkanes of at least 4 members (excludes halogenated alkanes) is 2. The molecule has 164 valence electrons. The molecule has 0 bridgehead atoms. The lowest BCUT2D eigenvalue weighted by Gasteiger charge is -2.18. The Labute approximate surface area is 197 Å². The molecule has 0 saturated heterocycles. The number of rotatable bonds is 9. The Morgan fingerprint density at radius 2 is 1.66 bits per heavy atom. The highest BCUT2D eigenvalue weighted by molar-refractivity contribution is 9.10. The molecule has 4 nitrogen and oxygen atoms in total. The number of hydrogen-bond donors (Lipinski definition) is 1. The number of para-hydroxylation sites is 2. The Hall–Kier alpha value is -2.92. The summed E-state index contributed by atoms with van der Waals surface area (Å²) >= 11 is 3.39. The number of benzene rings is 3. The van der Waals surface area contributed by atoms with E-state index in [1.807, 2.05) is 30.3 Å². The van der Waals surface area contributed by atoms with E-state index in [1.165, 1.54) is 11.1 Å². The molecule has 1 atom stereocenters. The van der Waals surface area contributed by atoms with Gasteiger partial charge in [-0.2, -0.15) is 0 Å². The molecule has 1 unspecified atom stereocenters. The highest BCUT2D eigenvalue weighted by Gasteiger charge is 2.16. The van der Waals surface area contributed by atoms with Gasteiger partial charge in [0.1, 0.15) is 5.82 Å². The third kappa shape index (κ3) is 5.28. The molecule has 1 N–H and O–H groups in total. The summed E-state index contributed by atoms with van der Waals surface area (Å²) in [6, 6.07) is 26.6. The average Bonchev–Trinajstić information content (AvgIpc) is 3.20. The van der Waals surface area contributed by atoms with Crippen LogP contribution >= 0.6 is 15.9 Å². The minimum atomic E-state index is -0.0176. The maximum Gasteiger partial charge on any atom is 0.251 e. The van der Waals surface area contributed by atoms with Crippen LogP contribution in [0.1, 0.15) is 54.0 Å². The van der Waals surface area contributed by atoms with Crippen LogP contribution < -0.4 is 5.32 Å². The molecule has 0 saturated carbocycles. The summed E-state index contributed by atoms with van der Waals surface area (Å²) in [6.45, 7) is 2.93. The van der Waals surface area contributed by atoms with Crippen LogP contribution in [0.15, 0.2) is 83.3 Å².